The van der Waals surface area contributed by atoms with Gasteiger partial charge in [0.25, 0.3) is 0 Å². The molecule has 0 aliphatic carbocycles. The van der Waals surface area contributed by atoms with E-state index in [9.17, 15) is 9.59 Å². The number of rotatable bonds is 3. The molecule has 0 aliphatic heterocycles. The van der Waals surface area contributed by atoms with Gasteiger partial charge in [-0.1, -0.05) is 83.4 Å². The first-order chi connectivity index (χ1) is 12.0. The van der Waals surface area contributed by atoms with Gasteiger partial charge in [0, 0.05) is 21.7 Å². The molecule has 0 radical (unpaired) electrons. The van der Waals surface area contributed by atoms with Crippen molar-refractivity contribution in [1.29, 1.82) is 0 Å². The van der Waals surface area contributed by atoms with Crippen molar-refractivity contribution in [2.45, 2.75) is 13.8 Å². The lowest BCUT2D eigenvalue weighted by atomic mass is 10.0. The average molecular weight is 351 g/mol. The molecule has 0 saturated carbocycles. The van der Waals surface area contributed by atoms with Crippen molar-refractivity contribution >= 4 is 23.7 Å². The minimum Gasteiger partial charge on any atom is -0.298 e. The molecule has 25 heavy (non-hydrogen) atoms. The second kappa shape index (κ2) is 8.95. The van der Waals surface area contributed by atoms with Crippen LogP contribution in [-0.2, 0) is 0 Å². The summed E-state index contributed by atoms with van der Waals surface area (Å²) in [6.45, 7) is 4.03. The Morgan fingerprint density at radius 1 is 0.720 bits per heavy atom. The smallest absolute Gasteiger partial charge is 0.193 e. The number of carbonyl (C=O) groups excluding carboxylic acids is 2. The summed E-state index contributed by atoms with van der Waals surface area (Å²) < 4.78 is 0. The zero-order chi connectivity index (χ0) is 18.2. The lowest BCUT2D eigenvalue weighted by molar-refractivity contribution is 0.103. The Hall–Kier alpha value is -2.71. The van der Waals surface area contributed by atoms with E-state index in [0.29, 0.717) is 10.6 Å². The van der Waals surface area contributed by atoms with Gasteiger partial charge in [-0.15, -0.1) is 0 Å². The van der Waals surface area contributed by atoms with Crippen LogP contribution >= 0.6 is 11.6 Å². The molecule has 3 heteroatoms. The van der Waals surface area contributed by atoms with Crippen molar-refractivity contribution in [3.05, 3.63) is 106 Å². The molecule has 3 aromatic carbocycles. The first-order valence-electron chi connectivity index (χ1n) is 7.88. The molecule has 0 N–H and O–H groups in total. The van der Waals surface area contributed by atoms with Gasteiger partial charge in [0.05, 0.1) is 0 Å². The molecule has 0 amide bonds. The maximum absolute atomic E-state index is 12.1. The summed E-state index contributed by atoms with van der Waals surface area (Å²) in [6.07, 6.45) is 0.788. The molecule has 0 unspecified atom stereocenters. The summed E-state index contributed by atoms with van der Waals surface area (Å²) in [5, 5.41) is 0.653. The second-order valence-electron chi connectivity index (χ2n) is 5.73. The molecule has 0 atom stereocenters. The molecular weight excluding hydrogens is 332 g/mol. The zero-order valence-corrected chi connectivity index (χ0v) is 15.0. The van der Waals surface area contributed by atoms with Crippen LogP contribution in [0.15, 0.2) is 72.8 Å². The maximum Gasteiger partial charge on any atom is 0.193 e. The molecule has 0 fully saturated rings. The van der Waals surface area contributed by atoms with Crippen molar-refractivity contribution in [1.82, 2.24) is 0 Å². The highest BCUT2D eigenvalue weighted by Crippen LogP contribution is 2.11. The lowest BCUT2D eigenvalue weighted by Gasteiger charge is -2.02. The number of benzene rings is 3. The van der Waals surface area contributed by atoms with Crippen molar-refractivity contribution in [3.8, 4) is 0 Å². The predicted molar refractivity (Wildman–Crippen MR) is 103 cm³/mol. The van der Waals surface area contributed by atoms with Crippen LogP contribution in [0.5, 0.6) is 0 Å². The summed E-state index contributed by atoms with van der Waals surface area (Å²) in [5.41, 5.74) is 4.48. The van der Waals surface area contributed by atoms with E-state index in [4.69, 9.17) is 11.6 Å². The standard InChI is InChI=1S/C15H14O.C7H5ClO/c1-11-3-7-13(8-4-11)15(16)14-9-5-12(2)6-10-14;8-7-3-1-6(5-9)2-4-7/h3-10H,1-2H3;1-5H. The monoisotopic (exact) mass is 350 g/mol. The van der Waals surface area contributed by atoms with Crippen LogP contribution in [-0.4, -0.2) is 12.1 Å². The summed E-state index contributed by atoms with van der Waals surface area (Å²) in [4.78, 5) is 22.1. The molecule has 0 bridgehead atoms. The van der Waals surface area contributed by atoms with Gasteiger partial charge in [-0.2, -0.15) is 0 Å². The van der Waals surface area contributed by atoms with Crippen LogP contribution < -0.4 is 0 Å². The first-order valence-corrected chi connectivity index (χ1v) is 8.26. The van der Waals surface area contributed by atoms with Crippen LogP contribution in [0.1, 0.15) is 37.4 Å². The van der Waals surface area contributed by atoms with Gasteiger partial charge in [0.15, 0.2) is 5.78 Å². The van der Waals surface area contributed by atoms with E-state index in [1.54, 1.807) is 24.3 Å². The van der Waals surface area contributed by atoms with E-state index in [1.807, 2.05) is 62.4 Å². The highest BCUT2D eigenvalue weighted by atomic mass is 35.5. The minimum atomic E-state index is 0.0833. The topological polar surface area (TPSA) is 34.1 Å². The largest absolute Gasteiger partial charge is 0.298 e. The molecular formula is C22H19ClO2. The van der Waals surface area contributed by atoms with E-state index in [1.165, 1.54) is 11.1 Å². The Morgan fingerprint density at radius 2 is 1.12 bits per heavy atom. The normalized spacial score (nSPS) is 9.72. The van der Waals surface area contributed by atoms with Gasteiger partial charge < -0.3 is 0 Å². The van der Waals surface area contributed by atoms with E-state index >= 15 is 0 Å². The SMILES string of the molecule is Cc1ccc(C(=O)c2ccc(C)cc2)cc1.O=Cc1ccc(Cl)cc1. The summed E-state index contributed by atoms with van der Waals surface area (Å²) in [7, 11) is 0. The van der Waals surface area contributed by atoms with Crippen molar-refractivity contribution < 1.29 is 9.59 Å². The fourth-order valence-electron chi connectivity index (χ4n) is 2.12. The van der Waals surface area contributed by atoms with Crippen LogP contribution in [0, 0.1) is 13.8 Å². The third-order valence-corrected chi connectivity index (χ3v) is 3.89. The number of aldehydes is 1. The van der Waals surface area contributed by atoms with Crippen LogP contribution in [0.3, 0.4) is 0 Å². The quantitative estimate of drug-likeness (QED) is 0.449. The van der Waals surface area contributed by atoms with Gasteiger partial charge in [-0.25, -0.2) is 0 Å². The molecule has 0 heterocycles. The van der Waals surface area contributed by atoms with Crippen LogP contribution in [0.2, 0.25) is 5.02 Å². The van der Waals surface area contributed by atoms with Crippen molar-refractivity contribution in [3.63, 3.8) is 0 Å². The summed E-state index contributed by atoms with van der Waals surface area (Å²) >= 11 is 5.55. The molecule has 0 aliphatic rings. The van der Waals surface area contributed by atoms with Crippen molar-refractivity contribution in [2.24, 2.45) is 0 Å². The lowest BCUT2D eigenvalue weighted by Crippen LogP contribution is -2.00. The number of hydrogen-bond acceptors (Lipinski definition) is 2. The molecule has 0 spiro atoms. The number of ketones is 1. The van der Waals surface area contributed by atoms with Gasteiger partial charge in [0.1, 0.15) is 6.29 Å². The minimum absolute atomic E-state index is 0.0833. The Labute approximate surface area is 153 Å². The molecule has 2 nitrogen and oxygen atoms in total. The van der Waals surface area contributed by atoms with Gasteiger partial charge in [0.2, 0.25) is 0 Å². The van der Waals surface area contributed by atoms with Crippen LogP contribution in [0.25, 0.3) is 0 Å². The van der Waals surface area contributed by atoms with Crippen LogP contribution in [0.4, 0.5) is 0 Å². The second-order valence-corrected chi connectivity index (χ2v) is 6.17. The highest BCUT2D eigenvalue weighted by Gasteiger charge is 2.07. The molecule has 0 saturated heterocycles. The Balaban J connectivity index is 0.000000212. The van der Waals surface area contributed by atoms with Gasteiger partial charge in [-0.3, -0.25) is 9.59 Å². The fourth-order valence-corrected chi connectivity index (χ4v) is 2.24. The van der Waals surface area contributed by atoms with Crippen molar-refractivity contribution in [2.75, 3.05) is 0 Å². The number of carbonyl (C=O) groups is 2. The van der Waals surface area contributed by atoms with Gasteiger partial charge >= 0.3 is 0 Å². The summed E-state index contributed by atoms with van der Waals surface area (Å²) in [5.74, 6) is 0.0833. The average Bonchev–Trinajstić information content (AvgIpc) is 2.64. The zero-order valence-electron chi connectivity index (χ0n) is 14.2. The molecule has 3 aromatic rings. The van der Waals surface area contributed by atoms with E-state index in [0.717, 1.165) is 17.4 Å². The third-order valence-electron chi connectivity index (χ3n) is 3.63. The van der Waals surface area contributed by atoms with E-state index in [-0.39, 0.29) is 5.78 Å². The summed E-state index contributed by atoms with van der Waals surface area (Å²) in [6, 6.07) is 22.1. The highest BCUT2D eigenvalue weighted by molar-refractivity contribution is 6.30. The molecule has 3 rings (SSSR count). The predicted octanol–water partition coefficient (Wildman–Crippen LogP) is 5.69. The number of aryl methyl sites for hydroxylation is 2. The van der Waals surface area contributed by atoms with Gasteiger partial charge in [-0.05, 0) is 26.0 Å². The number of halogens is 1. The Kier molecular flexibility index (Phi) is 6.67. The Bertz CT molecular complexity index is 785. The van der Waals surface area contributed by atoms with E-state index < -0.39 is 0 Å². The fraction of sp³-hybridized carbons (Fsp3) is 0.0909. The molecule has 126 valence electrons. The third kappa shape index (κ3) is 5.70. The molecule has 0 aromatic heterocycles. The maximum atomic E-state index is 12.1. The Morgan fingerprint density at radius 3 is 1.48 bits per heavy atom. The van der Waals surface area contributed by atoms with E-state index in [2.05, 4.69) is 0 Å². The number of hydrogen-bond donors (Lipinski definition) is 0. The first kappa shape index (κ1) is 18.6.